The van der Waals surface area contributed by atoms with Crippen molar-refractivity contribution in [2.75, 3.05) is 26.4 Å². The van der Waals surface area contributed by atoms with Crippen LogP contribution in [0.2, 0.25) is 0 Å². The van der Waals surface area contributed by atoms with E-state index in [-0.39, 0.29) is 24.7 Å². The van der Waals surface area contributed by atoms with Crippen molar-refractivity contribution < 1.29 is 24.8 Å². The van der Waals surface area contributed by atoms with E-state index >= 15 is 0 Å². The summed E-state index contributed by atoms with van der Waals surface area (Å²) >= 11 is 0. The first-order chi connectivity index (χ1) is 18.4. The standard InChI is InChI=1S/C30H39N3O5/c1-30-14-12-23-22-8-10-27(35)29(25(22)7-6-24(23)26(30)9-11-28(30)36)19-2-4-21(5-3-19)38-17-16-37-18-20(34)13-15-32-33-31/h2-5,8,10,20,23-24,26,28,34-36H,6-7,9,11-18H2,1H3/t20?,23-,24-,26+,28-,30+/m1/s1. The van der Waals surface area contributed by atoms with Gasteiger partial charge in [0.15, 0.2) is 0 Å². The minimum absolute atomic E-state index is 0.0617. The number of fused-ring (bicyclic) bond motifs is 5. The fourth-order valence-corrected chi connectivity index (χ4v) is 7.44. The smallest absolute Gasteiger partial charge is 0.123 e. The largest absolute Gasteiger partial charge is 0.507 e. The van der Waals surface area contributed by atoms with Gasteiger partial charge >= 0.3 is 0 Å². The van der Waals surface area contributed by atoms with Crippen molar-refractivity contribution in [3.63, 3.8) is 0 Å². The summed E-state index contributed by atoms with van der Waals surface area (Å²) in [5.74, 6) is 2.74. The van der Waals surface area contributed by atoms with Crippen LogP contribution in [0.25, 0.3) is 21.6 Å². The number of hydrogen-bond donors (Lipinski definition) is 3. The molecule has 38 heavy (non-hydrogen) atoms. The van der Waals surface area contributed by atoms with Gasteiger partial charge in [-0.25, -0.2) is 0 Å². The Hall–Kier alpha value is -2.77. The molecular weight excluding hydrogens is 482 g/mol. The number of benzene rings is 2. The lowest BCUT2D eigenvalue weighted by atomic mass is 9.55. The SMILES string of the molecule is C[C@]12CC[C@@H]3c4ccc(O)c(-c5ccc(OCCOCC(O)CCN=[N+]=[N-])cc5)c4CC[C@H]3[C@@H]1CC[C@H]2O. The van der Waals surface area contributed by atoms with Gasteiger partial charge in [0.1, 0.15) is 18.1 Å². The average Bonchev–Trinajstić information content (AvgIpc) is 3.23. The Kier molecular flexibility index (Phi) is 8.15. The number of aliphatic hydroxyl groups is 2. The van der Waals surface area contributed by atoms with Crippen molar-refractivity contribution >= 4 is 0 Å². The van der Waals surface area contributed by atoms with Gasteiger partial charge in [0.25, 0.3) is 0 Å². The lowest BCUT2D eigenvalue weighted by Crippen LogP contribution is -2.44. The topological polar surface area (TPSA) is 128 Å². The first kappa shape index (κ1) is 26.8. The molecule has 0 saturated heterocycles. The second kappa shape index (κ2) is 11.5. The molecule has 3 aliphatic rings. The Morgan fingerprint density at radius 2 is 1.92 bits per heavy atom. The third-order valence-corrected chi connectivity index (χ3v) is 9.42. The van der Waals surface area contributed by atoms with E-state index in [4.69, 9.17) is 15.0 Å². The lowest BCUT2D eigenvalue weighted by molar-refractivity contribution is -0.0225. The summed E-state index contributed by atoms with van der Waals surface area (Å²) < 4.78 is 11.2. The third kappa shape index (κ3) is 5.23. The van der Waals surface area contributed by atoms with Crippen molar-refractivity contribution in [1.29, 1.82) is 0 Å². The highest BCUT2D eigenvalue weighted by Crippen LogP contribution is 2.61. The molecule has 0 radical (unpaired) electrons. The summed E-state index contributed by atoms with van der Waals surface area (Å²) in [6, 6.07) is 11.8. The van der Waals surface area contributed by atoms with Crippen LogP contribution >= 0.6 is 0 Å². The van der Waals surface area contributed by atoms with Crippen molar-refractivity contribution in [2.45, 2.75) is 70.0 Å². The Morgan fingerprint density at radius 1 is 1.11 bits per heavy atom. The number of phenolic OH excluding ortho intramolecular Hbond substituents is 1. The van der Waals surface area contributed by atoms with Crippen LogP contribution in [-0.2, 0) is 11.2 Å². The summed E-state index contributed by atoms with van der Waals surface area (Å²) in [7, 11) is 0. The lowest BCUT2D eigenvalue weighted by Gasteiger charge is -2.50. The van der Waals surface area contributed by atoms with Gasteiger partial charge in [-0.3, -0.25) is 0 Å². The van der Waals surface area contributed by atoms with Crippen molar-refractivity contribution in [3.05, 3.63) is 58.0 Å². The Labute approximate surface area is 224 Å². The zero-order chi connectivity index (χ0) is 26.7. The van der Waals surface area contributed by atoms with Crippen LogP contribution in [0.15, 0.2) is 41.5 Å². The molecule has 3 N–H and O–H groups in total. The molecule has 2 saturated carbocycles. The number of ether oxygens (including phenoxy) is 2. The number of rotatable bonds is 10. The fraction of sp³-hybridized carbons (Fsp3) is 0.600. The molecule has 0 amide bonds. The summed E-state index contributed by atoms with van der Waals surface area (Å²) in [6.45, 7) is 3.41. The molecule has 0 aliphatic heterocycles. The van der Waals surface area contributed by atoms with Crippen LogP contribution in [-0.4, -0.2) is 53.9 Å². The second-order valence-electron chi connectivity index (χ2n) is 11.4. The second-order valence-corrected chi connectivity index (χ2v) is 11.4. The van der Waals surface area contributed by atoms with E-state index in [9.17, 15) is 15.3 Å². The number of nitrogens with zero attached hydrogens (tertiary/aromatic N) is 3. The molecule has 8 nitrogen and oxygen atoms in total. The number of phenols is 1. The summed E-state index contributed by atoms with van der Waals surface area (Å²) in [4.78, 5) is 2.66. The van der Waals surface area contributed by atoms with Crippen molar-refractivity contribution in [1.82, 2.24) is 0 Å². The summed E-state index contributed by atoms with van der Waals surface area (Å²) in [5.41, 5.74) is 12.9. The van der Waals surface area contributed by atoms with Crippen molar-refractivity contribution in [2.24, 2.45) is 22.4 Å². The van der Waals surface area contributed by atoms with Gasteiger partial charge in [-0.2, -0.15) is 0 Å². The van der Waals surface area contributed by atoms with E-state index in [1.165, 1.54) is 11.1 Å². The monoisotopic (exact) mass is 521 g/mol. The molecular formula is C30H39N3O5. The van der Waals surface area contributed by atoms with Gasteiger partial charge in [0, 0.05) is 17.0 Å². The van der Waals surface area contributed by atoms with Gasteiger partial charge in [-0.05, 0) is 109 Å². The van der Waals surface area contributed by atoms with Crippen LogP contribution < -0.4 is 4.74 Å². The van der Waals surface area contributed by atoms with E-state index in [1.807, 2.05) is 30.3 Å². The van der Waals surface area contributed by atoms with Crippen LogP contribution in [0.1, 0.15) is 62.5 Å². The van der Waals surface area contributed by atoms with E-state index in [1.54, 1.807) is 0 Å². The normalized spacial score (nSPS) is 28.5. The van der Waals surface area contributed by atoms with E-state index < -0.39 is 6.10 Å². The van der Waals surface area contributed by atoms with Gasteiger partial charge < -0.3 is 24.8 Å². The molecule has 0 bridgehead atoms. The molecule has 0 spiro atoms. The van der Waals surface area contributed by atoms with Gasteiger partial charge in [0.2, 0.25) is 0 Å². The number of azide groups is 1. The maximum Gasteiger partial charge on any atom is 0.123 e. The molecule has 5 rings (SSSR count). The zero-order valence-corrected chi connectivity index (χ0v) is 22.1. The number of hydrogen-bond acceptors (Lipinski definition) is 6. The molecule has 8 heteroatoms. The molecule has 3 aliphatic carbocycles. The fourth-order valence-electron chi connectivity index (χ4n) is 7.44. The Bertz CT molecular complexity index is 1170. The minimum atomic E-state index is -0.664. The number of aromatic hydroxyl groups is 1. The summed E-state index contributed by atoms with van der Waals surface area (Å²) in [5, 5.41) is 34.8. The van der Waals surface area contributed by atoms with Crippen LogP contribution in [0, 0.1) is 17.3 Å². The van der Waals surface area contributed by atoms with Gasteiger partial charge in [-0.1, -0.05) is 30.2 Å². The highest BCUT2D eigenvalue weighted by molar-refractivity contribution is 5.76. The van der Waals surface area contributed by atoms with Crippen LogP contribution in [0.3, 0.4) is 0 Å². The molecule has 6 atom stereocenters. The zero-order valence-electron chi connectivity index (χ0n) is 22.1. The molecule has 1 unspecified atom stereocenters. The molecule has 2 aromatic carbocycles. The van der Waals surface area contributed by atoms with E-state index in [2.05, 4.69) is 23.0 Å². The Balaban J connectivity index is 1.22. The van der Waals surface area contributed by atoms with Crippen LogP contribution in [0.5, 0.6) is 11.5 Å². The van der Waals surface area contributed by atoms with Crippen LogP contribution in [0.4, 0.5) is 0 Å². The van der Waals surface area contributed by atoms with Gasteiger partial charge in [0.05, 0.1) is 25.4 Å². The maximum absolute atomic E-state index is 10.9. The van der Waals surface area contributed by atoms with Gasteiger partial charge in [-0.15, -0.1) is 0 Å². The number of aliphatic hydroxyl groups excluding tert-OH is 2. The predicted molar refractivity (Wildman–Crippen MR) is 145 cm³/mol. The maximum atomic E-state index is 10.9. The summed E-state index contributed by atoms with van der Waals surface area (Å²) in [6.07, 6.45) is 5.83. The van der Waals surface area contributed by atoms with E-state index in [0.29, 0.717) is 43.1 Å². The molecule has 204 valence electrons. The molecule has 0 heterocycles. The van der Waals surface area contributed by atoms with Crippen molar-refractivity contribution in [3.8, 4) is 22.6 Å². The highest BCUT2D eigenvalue weighted by atomic mass is 16.5. The quantitative estimate of drug-likeness (QED) is 0.159. The molecule has 2 fully saturated rings. The predicted octanol–water partition coefficient (Wildman–Crippen LogP) is 5.73. The average molecular weight is 522 g/mol. The first-order valence-electron chi connectivity index (χ1n) is 13.9. The highest BCUT2D eigenvalue weighted by Gasteiger charge is 2.54. The third-order valence-electron chi connectivity index (χ3n) is 9.42. The van der Waals surface area contributed by atoms with E-state index in [0.717, 1.165) is 55.4 Å². The molecule has 2 aromatic rings. The minimum Gasteiger partial charge on any atom is -0.507 e. The first-order valence-corrected chi connectivity index (χ1v) is 13.9. The Morgan fingerprint density at radius 3 is 2.71 bits per heavy atom. The molecule has 0 aromatic heterocycles.